The van der Waals surface area contributed by atoms with E-state index in [4.69, 9.17) is 4.42 Å². The van der Waals surface area contributed by atoms with Crippen molar-refractivity contribution in [2.75, 3.05) is 18.4 Å². The number of rotatable bonds is 4. The minimum absolute atomic E-state index is 0.0742. The van der Waals surface area contributed by atoms with E-state index >= 15 is 0 Å². The normalized spacial score (nSPS) is 19.4. The number of piperidine rings is 1. The third-order valence-corrected chi connectivity index (χ3v) is 5.82. The minimum atomic E-state index is -0.420. The number of nitrogens with one attached hydrogen (secondary N) is 2. The van der Waals surface area contributed by atoms with E-state index in [1.54, 1.807) is 0 Å². The van der Waals surface area contributed by atoms with Crippen LogP contribution in [0.2, 0.25) is 0 Å². The first-order chi connectivity index (χ1) is 13.1. The number of para-hydroxylation sites is 1. The summed E-state index contributed by atoms with van der Waals surface area (Å²) < 4.78 is 5.72. The Morgan fingerprint density at radius 2 is 2.04 bits per heavy atom. The summed E-state index contributed by atoms with van der Waals surface area (Å²) in [4.78, 5) is 14.6. The molecule has 3 aromatic rings. The lowest BCUT2D eigenvalue weighted by Crippen LogP contribution is -2.45. The second kappa shape index (κ2) is 6.04. The highest BCUT2D eigenvalue weighted by atomic mass is 16.4. The Kier molecular flexibility index (Phi) is 3.63. The van der Waals surface area contributed by atoms with Gasteiger partial charge in [-0.25, -0.2) is 0 Å². The number of hydrogen-bond donors (Lipinski definition) is 2. The fourth-order valence-corrected chi connectivity index (χ4v) is 3.84. The molecule has 5 rings (SSSR count). The van der Waals surface area contributed by atoms with Gasteiger partial charge >= 0.3 is 6.01 Å². The molecule has 9 nitrogen and oxygen atoms in total. The molecule has 2 N–H and O–H groups in total. The number of H-pyrrole nitrogens is 1. The summed E-state index contributed by atoms with van der Waals surface area (Å²) in [7, 11) is 0. The lowest BCUT2D eigenvalue weighted by atomic mass is 9.93. The van der Waals surface area contributed by atoms with Gasteiger partial charge in [0.15, 0.2) is 0 Å². The largest absolute Gasteiger partial charge is 0.403 e. The van der Waals surface area contributed by atoms with Crippen molar-refractivity contribution in [3.05, 3.63) is 18.2 Å². The number of likely N-dealkylation sites (tertiary alicyclic amines) is 1. The summed E-state index contributed by atoms with van der Waals surface area (Å²) in [5, 5.41) is 21.8. The summed E-state index contributed by atoms with van der Waals surface area (Å²) in [6.07, 6.45) is 4.90. The Morgan fingerprint density at radius 1 is 1.22 bits per heavy atom. The van der Waals surface area contributed by atoms with Crippen molar-refractivity contribution in [1.82, 2.24) is 30.5 Å². The van der Waals surface area contributed by atoms with Crippen LogP contribution in [0.1, 0.15) is 32.6 Å². The molecular formula is C18H21N7O2. The standard InChI is InChI=1S/C18H21N7O2/c1-11(16(26)25-9-7-18(5-6-18)8-10-25)19-17-23-22-15(27-17)12-3-2-4-13-14(12)21-24-20-13/h2-4,11H,5-10H2,1H3,(H,19,23)(H,20,21,24)/t11-/m0/s1. The van der Waals surface area contributed by atoms with E-state index in [9.17, 15) is 4.79 Å². The van der Waals surface area contributed by atoms with Gasteiger partial charge in [0.05, 0.1) is 11.1 Å². The van der Waals surface area contributed by atoms with Crippen molar-refractivity contribution in [3.8, 4) is 11.5 Å². The van der Waals surface area contributed by atoms with Crippen molar-refractivity contribution in [2.45, 2.75) is 38.6 Å². The van der Waals surface area contributed by atoms with Gasteiger partial charge in [0.1, 0.15) is 11.6 Å². The molecule has 1 aromatic carbocycles. The van der Waals surface area contributed by atoms with Crippen molar-refractivity contribution >= 4 is 23.0 Å². The van der Waals surface area contributed by atoms with E-state index in [1.807, 2.05) is 30.0 Å². The van der Waals surface area contributed by atoms with Crippen molar-refractivity contribution in [1.29, 1.82) is 0 Å². The quantitative estimate of drug-likeness (QED) is 0.727. The van der Waals surface area contributed by atoms with Crippen LogP contribution in [-0.2, 0) is 4.79 Å². The van der Waals surface area contributed by atoms with Gasteiger partial charge in [-0.1, -0.05) is 16.4 Å². The van der Waals surface area contributed by atoms with Gasteiger partial charge in [0, 0.05) is 13.1 Å². The predicted octanol–water partition coefficient (Wildman–Crippen LogP) is 2.21. The second-order valence-corrected chi connectivity index (χ2v) is 7.62. The molecule has 1 amide bonds. The summed E-state index contributed by atoms with van der Waals surface area (Å²) >= 11 is 0. The first-order valence-electron chi connectivity index (χ1n) is 9.33. The van der Waals surface area contributed by atoms with Gasteiger partial charge < -0.3 is 14.6 Å². The van der Waals surface area contributed by atoms with Crippen molar-refractivity contribution in [3.63, 3.8) is 0 Å². The monoisotopic (exact) mass is 367 g/mol. The molecule has 0 unspecified atom stereocenters. The lowest BCUT2D eigenvalue weighted by molar-refractivity contribution is -0.133. The Morgan fingerprint density at radius 3 is 2.81 bits per heavy atom. The van der Waals surface area contributed by atoms with Crippen LogP contribution in [0.25, 0.3) is 22.5 Å². The van der Waals surface area contributed by atoms with Crippen LogP contribution in [0.3, 0.4) is 0 Å². The maximum atomic E-state index is 12.7. The van der Waals surface area contributed by atoms with Gasteiger partial charge in [0.2, 0.25) is 5.91 Å². The van der Waals surface area contributed by atoms with Gasteiger partial charge in [-0.2, -0.15) is 0 Å². The topological polar surface area (TPSA) is 113 Å². The molecule has 2 aliphatic rings. The zero-order valence-electron chi connectivity index (χ0n) is 15.1. The predicted molar refractivity (Wildman–Crippen MR) is 97.7 cm³/mol. The fourth-order valence-electron chi connectivity index (χ4n) is 3.84. The molecule has 2 fully saturated rings. The van der Waals surface area contributed by atoms with Gasteiger partial charge in [-0.05, 0) is 50.2 Å². The van der Waals surface area contributed by atoms with Crippen LogP contribution in [-0.4, -0.2) is 55.5 Å². The van der Waals surface area contributed by atoms with E-state index < -0.39 is 6.04 Å². The first-order valence-corrected chi connectivity index (χ1v) is 9.33. The molecule has 1 aliphatic heterocycles. The second-order valence-electron chi connectivity index (χ2n) is 7.62. The maximum absolute atomic E-state index is 12.7. The molecule has 1 saturated heterocycles. The van der Waals surface area contributed by atoms with E-state index in [2.05, 4.69) is 30.9 Å². The molecule has 140 valence electrons. The summed E-state index contributed by atoms with van der Waals surface area (Å²) in [5.74, 6) is 0.424. The number of hydrogen-bond acceptors (Lipinski definition) is 7. The van der Waals surface area contributed by atoms with Gasteiger partial charge in [0.25, 0.3) is 5.89 Å². The smallest absolute Gasteiger partial charge is 0.316 e. The molecule has 1 saturated carbocycles. The zero-order chi connectivity index (χ0) is 18.4. The number of aromatic amines is 1. The van der Waals surface area contributed by atoms with Crippen LogP contribution in [0.15, 0.2) is 22.6 Å². The highest BCUT2D eigenvalue weighted by Crippen LogP contribution is 2.53. The zero-order valence-corrected chi connectivity index (χ0v) is 15.1. The molecule has 9 heteroatoms. The molecule has 1 spiro atoms. The first kappa shape index (κ1) is 16.2. The van der Waals surface area contributed by atoms with Gasteiger partial charge in [-0.3, -0.25) is 9.89 Å². The number of nitrogens with zero attached hydrogens (tertiary/aromatic N) is 5. The minimum Gasteiger partial charge on any atom is -0.403 e. The Labute approximate surface area is 155 Å². The molecule has 27 heavy (non-hydrogen) atoms. The third-order valence-electron chi connectivity index (χ3n) is 5.82. The van der Waals surface area contributed by atoms with Crippen LogP contribution in [0, 0.1) is 5.41 Å². The van der Waals surface area contributed by atoms with E-state index in [-0.39, 0.29) is 11.9 Å². The van der Waals surface area contributed by atoms with Crippen LogP contribution >= 0.6 is 0 Å². The van der Waals surface area contributed by atoms with Crippen LogP contribution in [0.4, 0.5) is 6.01 Å². The van der Waals surface area contributed by atoms with Crippen molar-refractivity contribution < 1.29 is 9.21 Å². The van der Waals surface area contributed by atoms with E-state index in [0.717, 1.165) is 42.5 Å². The fraction of sp³-hybridized carbons (Fsp3) is 0.500. The highest BCUT2D eigenvalue weighted by Gasteiger charge is 2.45. The number of aromatic nitrogens is 5. The van der Waals surface area contributed by atoms with E-state index in [0.29, 0.717) is 11.3 Å². The highest BCUT2D eigenvalue weighted by molar-refractivity contribution is 5.88. The molecule has 3 heterocycles. The molecule has 0 radical (unpaired) electrons. The summed E-state index contributed by atoms with van der Waals surface area (Å²) in [5.41, 5.74) is 2.74. The molecule has 2 aromatic heterocycles. The number of anilines is 1. The average molecular weight is 367 g/mol. The lowest BCUT2D eigenvalue weighted by Gasteiger charge is -2.33. The SMILES string of the molecule is C[C@H](Nc1nnc(-c2cccc3nn[nH]c23)o1)C(=O)N1CCC2(CC1)CC2. The summed E-state index contributed by atoms with van der Waals surface area (Å²) in [6, 6.07) is 5.37. The number of carbonyl (C=O) groups excluding carboxylic acids is 1. The molecule has 0 bridgehead atoms. The molecular weight excluding hydrogens is 346 g/mol. The Hall–Kier alpha value is -2.97. The average Bonchev–Trinajstić information content (AvgIpc) is 3.10. The number of carbonyl (C=O) groups is 1. The van der Waals surface area contributed by atoms with Crippen LogP contribution in [0.5, 0.6) is 0 Å². The number of amides is 1. The maximum Gasteiger partial charge on any atom is 0.316 e. The molecule has 1 aliphatic carbocycles. The van der Waals surface area contributed by atoms with Crippen LogP contribution < -0.4 is 5.32 Å². The summed E-state index contributed by atoms with van der Waals surface area (Å²) in [6.45, 7) is 3.51. The molecule has 1 atom stereocenters. The number of benzene rings is 1. The Bertz CT molecular complexity index is 980. The van der Waals surface area contributed by atoms with Gasteiger partial charge in [-0.15, -0.1) is 10.2 Å². The van der Waals surface area contributed by atoms with Crippen molar-refractivity contribution in [2.24, 2.45) is 5.41 Å². The number of fused-ring (bicyclic) bond motifs is 1. The third kappa shape index (κ3) is 2.92. The van der Waals surface area contributed by atoms with E-state index in [1.165, 1.54) is 12.8 Å². The Balaban J connectivity index is 1.27.